The number of hydrogen-bond acceptors (Lipinski definition) is 4. The Bertz CT molecular complexity index is 721. The maximum Gasteiger partial charge on any atom is 0.287 e. The van der Waals surface area contributed by atoms with Gasteiger partial charge in [0.1, 0.15) is 6.04 Å². The maximum absolute atomic E-state index is 12.5. The number of rotatable bonds is 5. The van der Waals surface area contributed by atoms with Gasteiger partial charge < -0.3 is 20.0 Å². The first-order valence-electron chi connectivity index (χ1n) is 8.64. The molecule has 1 atom stereocenters. The lowest BCUT2D eigenvalue weighted by Gasteiger charge is -2.30. The van der Waals surface area contributed by atoms with E-state index in [2.05, 4.69) is 15.5 Å². The largest absolute Gasteiger partial charge is 0.459 e. The highest BCUT2D eigenvalue weighted by Gasteiger charge is 2.20. The van der Waals surface area contributed by atoms with Gasteiger partial charge in [-0.25, -0.2) is 0 Å². The first-order chi connectivity index (χ1) is 12.1. The van der Waals surface area contributed by atoms with Gasteiger partial charge in [-0.3, -0.25) is 9.59 Å². The van der Waals surface area contributed by atoms with Crippen LogP contribution in [0.15, 0.2) is 47.1 Å². The lowest BCUT2D eigenvalue weighted by atomic mass is 10.1. The minimum Gasteiger partial charge on any atom is -0.459 e. The summed E-state index contributed by atoms with van der Waals surface area (Å²) in [5, 5.41) is 5.58. The van der Waals surface area contributed by atoms with Gasteiger partial charge in [0.15, 0.2) is 5.76 Å². The van der Waals surface area contributed by atoms with Crippen LogP contribution >= 0.6 is 0 Å². The van der Waals surface area contributed by atoms with E-state index < -0.39 is 11.9 Å². The zero-order chi connectivity index (χ0) is 17.6. The number of hydrogen-bond donors (Lipinski definition) is 2. The van der Waals surface area contributed by atoms with Gasteiger partial charge in [-0.1, -0.05) is 12.1 Å². The van der Waals surface area contributed by atoms with Crippen LogP contribution in [0.4, 0.5) is 11.4 Å². The lowest BCUT2D eigenvalue weighted by Crippen LogP contribution is -2.41. The average Bonchev–Trinajstić information content (AvgIpc) is 3.17. The van der Waals surface area contributed by atoms with Crippen molar-refractivity contribution in [2.75, 3.05) is 23.3 Å². The molecule has 2 amide bonds. The van der Waals surface area contributed by atoms with Gasteiger partial charge >= 0.3 is 0 Å². The van der Waals surface area contributed by atoms with Crippen LogP contribution in [0.1, 0.15) is 36.7 Å². The van der Waals surface area contributed by atoms with E-state index in [9.17, 15) is 9.59 Å². The fraction of sp³-hybridized carbons (Fsp3) is 0.368. The van der Waals surface area contributed by atoms with E-state index in [4.69, 9.17) is 4.42 Å². The molecule has 1 aromatic heterocycles. The number of nitrogens with one attached hydrogen (secondary N) is 2. The third kappa shape index (κ3) is 4.21. The Hall–Kier alpha value is -2.76. The van der Waals surface area contributed by atoms with Crippen LogP contribution in [0, 0.1) is 0 Å². The first kappa shape index (κ1) is 17.1. The molecule has 2 heterocycles. The van der Waals surface area contributed by atoms with E-state index in [-0.39, 0.29) is 11.7 Å². The number of anilines is 2. The summed E-state index contributed by atoms with van der Waals surface area (Å²) < 4.78 is 5.04. The maximum atomic E-state index is 12.5. The molecule has 1 fully saturated rings. The summed E-state index contributed by atoms with van der Waals surface area (Å²) in [5.41, 5.74) is 1.80. The third-order valence-corrected chi connectivity index (χ3v) is 4.34. The second-order valence-electron chi connectivity index (χ2n) is 6.23. The molecule has 2 aromatic rings. The number of benzene rings is 1. The number of piperidine rings is 1. The standard InChI is InChI=1S/C19H23N3O3/c1-14(20-19(24)17-10-7-13-25-17)18(23)21-15-8-3-4-9-16(15)22-11-5-2-6-12-22/h3-4,7-10,13-14H,2,5-6,11-12H2,1H3,(H,20,24)(H,21,23). The van der Waals surface area contributed by atoms with Crippen molar-refractivity contribution in [2.24, 2.45) is 0 Å². The van der Waals surface area contributed by atoms with Crippen molar-refractivity contribution in [3.05, 3.63) is 48.4 Å². The summed E-state index contributed by atoms with van der Waals surface area (Å²) in [4.78, 5) is 26.8. The second kappa shape index (κ2) is 7.88. The Morgan fingerprint density at radius 2 is 1.84 bits per heavy atom. The Morgan fingerprint density at radius 1 is 1.08 bits per heavy atom. The summed E-state index contributed by atoms with van der Waals surface area (Å²) in [7, 11) is 0. The van der Waals surface area contributed by atoms with Crippen LogP contribution in [0.25, 0.3) is 0 Å². The molecule has 0 radical (unpaired) electrons. The van der Waals surface area contributed by atoms with Gasteiger partial charge in [-0.05, 0) is 50.5 Å². The highest BCUT2D eigenvalue weighted by atomic mass is 16.3. The normalized spacial score (nSPS) is 15.5. The van der Waals surface area contributed by atoms with E-state index in [1.54, 1.807) is 19.1 Å². The molecule has 2 N–H and O–H groups in total. The van der Waals surface area contributed by atoms with Crippen molar-refractivity contribution < 1.29 is 14.0 Å². The van der Waals surface area contributed by atoms with Crippen molar-refractivity contribution in [1.29, 1.82) is 0 Å². The van der Waals surface area contributed by atoms with Crippen LogP contribution in [-0.4, -0.2) is 30.9 Å². The Labute approximate surface area is 147 Å². The predicted molar refractivity (Wildman–Crippen MR) is 96.8 cm³/mol. The first-order valence-corrected chi connectivity index (χ1v) is 8.64. The smallest absolute Gasteiger partial charge is 0.287 e. The zero-order valence-corrected chi connectivity index (χ0v) is 14.3. The summed E-state index contributed by atoms with van der Waals surface area (Å²) in [6, 6.07) is 10.3. The molecule has 6 nitrogen and oxygen atoms in total. The molecule has 0 aliphatic carbocycles. The molecule has 0 bridgehead atoms. The number of carbonyl (C=O) groups excluding carboxylic acids is 2. The van der Waals surface area contributed by atoms with Gasteiger partial charge in [-0.2, -0.15) is 0 Å². The van der Waals surface area contributed by atoms with Crippen molar-refractivity contribution in [2.45, 2.75) is 32.2 Å². The van der Waals surface area contributed by atoms with Crippen LogP contribution < -0.4 is 15.5 Å². The van der Waals surface area contributed by atoms with Gasteiger partial charge in [0.25, 0.3) is 5.91 Å². The number of carbonyl (C=O) groups is 2. The summed E-state index contributed by atoms with van der Waals surface area (Å²) >= 11 is 0. The monoisotopic (exact) mass is 341 g/mol. The van der Waals surface area contributed by atoms with E-state index in [0.29, 0.717) is 0 Å². The summed E-state index contributed by atoms with van der Waals surface area (Å²) in [6.07, 6.45) is 5.01. The number of amides is 2. The molecule has 1 unspecified atom stereocenters. The van der Waals surface area contributed by atoms with Crippen molar-refractivity contribution in [3.8, 4) is 0 Å². The molecule has 0 saturated carbocycles. The Balaban J connectivity index is 1.65. The Morgan fingerprint density at radius 3 is 2.56 bits per heavy atom. The molecule has 25 heavy (non-hydrogen) atoms. The third-order valence-electron chi connectivity index (χ3n) is 4.34. The number of furan rings is 1. The van der Waals surface area contributed by atoms with Crippen LogP contribution in [0.5, 0.6) is 0 Å². The SMILES string of the molecule is CC(NC(=O)c1ccco1)C(=O)Nc1ccccc1N1CCCCC1. The molecule has 132 valence electrons. The topological polar surface area (TPSA) is 74.6 Å². The summed E-state index contributed by atoms with van der Waals surface area (Å²) in [6.45, 7) is 3.65. The van der Waals surface area contributed by atoms with Crippen LogP contribution in [0.2, 0.25) is 0 Å². The van der Waals surface area contributed by atoms with E-state index in [0.717, 1.165) is 37.3 Å². The van der Waals surface area contributed by atoms with Crippen LogP contribution in [-0.2, 0) is 4.79 Å². The van der Waals surface area contributed by atoms with Crippen LogP contribution in [0.3, 0.4) is 0 Å². The van der Waals surface area contributed by atoms with Gasteiger partial charge in [0, 0.05) is 13.1 Å². The predicted octanol–water partition coefficient (Wildman–Crippen LogP) is 3.03. The molecule has 0 spiro atoms. The molecular weight excluding hydrogens is 318 g/mol. The highest BCUT2D eigenvalue weighted by molar-refractivity contribution is 6.01. The van der Waals surface area contributed by atoms with Gasteiger partial charge in [0.05, 0.1) is 17.6 Å². The van der Waals surface area contributed by atoms with Crippen molar-refractivity contribution in [1.82, 2.24) is 5.32 Å². The van der Waals surface area contributed by atoms with E-state index >= 15 is 0 Å². The Kier molecular flexibility index (Phi) is 5.38. The fourth-order valence-electron chi connectivity index (χ4n) is 2.97. The summed E-state index contributed by atoms with van der Waals surface area (Å²) in [5.74, 6) is -0.477. The molecule has 1 saturated heterocycles. The van der Waals surface area contributed by atoms with E-state index in [1.807, 2.05) is 24.3 Å². The fourth-order valence-corrected chi connectivity index (χ4v) is 2.97. The van der Waals surface area contributed by atoms with Crippen molar-refractivity contribution in [3.63, 3.8) is 0 Å². The average molecular weight is 341 g/mol. The quantitative estimate of drug-likeness (QED) is 0.877. The number of nitrogens with zero attached hydrogens (tertiary/aromatic N) is 1. The molecule has 6 heteroatoms. The second-order valence-corrected chi connectivity index (χ2v) is 6.23. The zero-order valence-electron chi connectivity index (χ0n) is 14.3. The number of para-hydroxylation sites is 2. The minimum atomic E-state index is -0.674. The minimum absolute atomic E-state index is 0.188. The van der Waals surface area contributed by atoms with E-state index in [1.165, 1.54) is 12.7 Å². The lowest BCUT2D eigenvalue weighted by molar-refractivity contribution is -0.117. The van der Waals surface area contributed by atoms with Crippen molar-refractivity contribution >= 4 is 23.2 Å². The molecule has 1 aliphatic rings. The molecule has 1 aromatic carbocycles. The molecule has 1 aliphatic heterocycles. The van der Waals surface area contributed by atoms with Gasteiger partial charge in [0.2, 0.25) is 5.91 Å². The van der Waals surface area contributed by atoms with Gasteiger partial charge in [-0.15, -0.1) is 0 Å². The highest BCUT2D eigenvalue weighted by Crippen LogP contribution is 2.28. The molecular formula is C19H23N3O3. The molecule has 3 rings (SSSR count).